The summed E-state index contributed by atoms with van der Waals surface area (Å²) in [7, 11) is 0. The number of carbonyl (C=O) groups is 2. The highest BCUT2D eigenvalue weighted by molar-refractivity contribution is 5.90. The third kappa shape index (κ3) is 3.78. The van der Waals surface area contributed by atoms with Crippen LogP contribution in [0.3, 0.4) is 0 Å². The van der Waals surface area contributed by atoms with E-state index in [1.165, 1.54) is 5.57 Å². The number of esters is 2. The summed E-state index contributed by atoms with van der Waals surface area (Å²) in [5.41, 5.74) is 4.28. The van der Waals surface area contributed by atoms with E-state index in [0.29, 0.717) is 16.9 Å². The van der Waals surface area contributed by atoms with Crippen molar-refractivity contribution >= 4 is 11.9 Å². The van der Waals surface area contributed by atoms with Gasteiger partial charge in [0.15, 0.2) is 23.7 Å². The van der Waals surface area contributed by atoms with Crippen molar-refractivity contribution in [3.05, 3.63) is 107 Å². The Labute approximate surface area is 214 Å². The Hall–Kier alpha value is -4.10. The molecule has 1 aliphatic carbocycles. The van der Waals surface area contributed by atoms with Crippen LogP contribution in [0.15, 0.2) is 84.4 Å². The van der Waals surface area contributed by atoms with Crippen LogP contribution >= 0.6 is 0 Å². The quantitative estimate of drug-likeness (QED) is 0.390. The van der Waals surface area contributed by atoms with Crippen molar-refractivity contribution in [1.82, 2.24) is 4.90 Å². The Balaban J connectivity index is 1.31. The van der Waals surface area contributed by atoms with Crippen molar-refractivity contribution in [2.24, 2.45) is 0 Å². The van der Waals surface area contributed by atoms with Crippen LogP contribution in [-0.2, 0) is 16.0 Å². The molecular formula is C30H25NO6. The molecule has 0 bridgehead atoms. The van der Waals surface area contributed by atoms with Gasteiger partial charge in [0.1, 0.15) is 0 Å². The molecule has 186 valence electrons. The fourth-order valence-electron chi connectivity index (χ4n) is 6.09. The summed E-state index contributed by atoms with van der Waals surface area (Å²) < 4.78 is 23.7. The van der Waals surface area contributed by atoms with E-state index in [1.807, 2.05) is 30.3 Å². The molecule has 2 unspecified atom stereocenters. The van der Waals surface area contributed by atoms with Gasteiger partial charge in [0.05, 0.1) is 11.1 Å². The number of rotatable bonds is 4. The molecule has 0 saturated carbocycles. The van der Waals surface area contributed by atoms with Crippen molar-refractivity contribution in [3.8, 4) is 11.5 Å². The molecular weight excluding hydrogens is 470 g/mol. The van der Waals surface area contributed by atoms with Crippen LogP contribution in [0.2, 0.25) is 0 Å². The normalized spacial score (nSPS) is 25.0. The molecule has 4 aliphatic rings. The first-order chi connectivity index (χ1) is 18.2. The van der Waals surface area contributed by atoms with Crippen LogP contribution in [0.4, 0.5) is 0 Å². The van der Waals surface area contributed by atoms with Crippen molar-refractivity contribution in [3.63, 3.8) is 0 Å². The Kier molecular flexibility index (Phi) is 5.25. The third-order valence-corrected chi connectivity index (χ3v) is 7.73. The second-order valence-corrected chi connectivity index (χ2v) is 9.81. The van der Waals surface area contributed by atoms with E-state index in [0.717, 1.165) is 36.4 Å². The van der Waals surface area contributed by atoms with Crippen LogP contribution < -0.4 is 9.47 Å². The van der Waals surface area contributed by atoms with Gasteiger partial charge in [-0.25, -0.2) is 9.59 Å². The first-order valence-corrected chi connectivity index (χ1v) is 12.5. The Morgan fingerprint density at radius 2 is 1.49 bits per heavy atom. The van der Waals surface area contributed by atoms with Crippen LogP contribution in [0.25, 0.3) is 0 Å². The summed E-state index contributed by atoms with van der Waals surface area (Å²) in [6, 6.07) is 21.9. The van der Waals surface area contributed by atoms with Gasteiger partial charge in [0.2, 0.25) is 6.79 Å². The molecule has 0 N–H and O–H groups in total. The second kappa shape index (κ2) is 8.78. The lowest BCUT2D eigenvalue weighted by atomic mass is 9.73. The Morgan fingerprint density at radius 1 is 0.838 bits per heavy atom. The lowest BCUT2D eigenvalue weighted by Crippen LogP contribution is -2.52. The molecule has 7 nitrogen and oxygen atoms in total. The summed E-state index contributed by atoms with van der Waals surface area (Å²) in [4.78, 5) is 28.9. The molecule has 7 heteroatoms. The number of fused-ring (bicyclic) bond motifs is 3. The fourth-order valence-corrected chi connectivity index (χ4v) is 6.09. The predicted octanol–water partition coefficient (Wildman–Crippen LogP) is 4.48. The molecule has 0 amide bonds. The third-order valence-electron chi connectivity index (χ3n) is 7.73. The SMILES string of the molecule is O=C(O[C@H]1C=C2CCN3Cc4cc5c(cc4C(C23)[C@@H]1OC(=O)c1ccccc1)OCO5)c1ccccc1. The molecule has 0 spiro atoms. The maximum atomic E-state index is 13.3. The van der Waals surface area contributed by atoms with E-state index >= 15 is 0 Å². The average Bonchev–Trinajstić information content (AvgIpc) is 3.56. The van der Waals surface area contributed by atoms with Crippen LogP contribution in [0.5, 0.6) is 11.5 Å². The molecule has 3 aliphatic heterocycles. The zero-order valence-corrected chi connectivity index (χ0v) is 20.0. The predicted molar refractivity (Wildman–Crippen MR) is 133 cm³/mol. The topological polar surface area (TPSA) is 74.3 Å². The van der Waals surface area contributed by atoms with E-state index in [2.05, 4.69) is 4.90 Å². The average molecular weight is 496 g/mol. The Morgan fingerprint density at radius 3 is 2.19 bits per heavy atom. The van der Waals surface area contributed by atoms with Gasteiger partial charge in [-0.1, -0.05) is 42.0 Å². The van der Waals surface area contributed by atoms with Gasteiger partial charge >= 0.3 is 11.9 Å². The first-order valence-electron chi connectivity index (χ1n) is 12.5. The Bertz CT molecular complexity index is 1400. The van der Waals surface area contributed by atoms with Crippen molar-refractivity contribution in [2.75, 3.05) is 13.3 Å². The highest BCUT2D eigenvalue weighted by atomic mass is 16.7. The molecule has 0 radical (unpaired) electrons. The zero-order chi connectivity index (χ0) is 24.9. The summed E-state index contributed by atoms with van der Waals surface area (Å²) in [6.45, 7) is 1.85. The summed E-state index contributed by atoms with van der Waals surface area (Å²) >= 11 is 0. The lowest BCUT2D eigenvalue weighted by Gasteiger charge is -2.46. The monoisotopic (exact) mass is 495 g/mol. The summed E-state index contributed by atoms with van der Waals surface area (Å²) in [6.07, 6.45) is 1.44. The highest BCUT2D eigenvalue weighted by Gasteiger charge is 2.52. The molecule has 1 saturated heterocycles. The van der Waals surface area contributed by atoms with Crippen LogP contribution in [0, 0.1) is 0 Å². The van der Waals surface area contributed by atoms with E-state index in [-0.39, 0.29) is 18.8 Å². The maximum Gasteiger partial charge on any atom is 0.338 e. The highest BCUT2D eigenvalue weighted by Crippen LogP contribution is 2.51. The van der Waals surface area contributed by atoms with E-state index < -0.39 is 24.1 Å². The minimum atomic E-state index is -0.729. The van der Waals surface area contributed by atoms with E-state index in [4.69, 9.17) is 18.9 Å². The smallest absolute Gasteiger partial charge is 0.338 e. The molecule has 7 rings (SSSR count). The number of hydrogen-bond acceptors (Lipinski definition) is 7. The molecule has 1 fully saturated rings. The number of carbonyl (C=O) groups excluding carboxylic acids is 2. The van der Waals surface area contributed by atoms with Crippen molar-refractivity contribution < 1.29 is 28.5 Å². The van der Waals surface area contributed by atoms with Gasteiger partial charge in [-0.2, -0.15) is 0 Å². The van der Waals surface area contributed by atoms with Gasteiger partial charge in [0, 0.05) is 25.0 Å². The summed E-state index contributed by atoms with van der Waals surface area (Å²) in [5.74, 6) is 0.306. The molecule has 37 heavy (non-hydrogen) atoms. The van der Waals surface area contributed by atoms with Crippen molar-refractivity contribution in [2.45, 2.75) is 37.1 Å². The van der Waals surface area contributed by atoms with Gasteiger partial charge in [-0.3, -0.25) is 4.90 Å². The molecule has 0 aromatic heterocycles. The summed E-state index contributed by atoms with van der Waals surface area (Å²) in [5, 5.41) is 0. The minimum Gasteiger partial charge on any atom is -0.454 e. The molecule has 4 atom stereocenters. The maximum absolute atomic E-state index is 13.3. The number of hydrogen-bond donors (Lipinski definition) is 0. The van der Waals surface area contributed by atoms with Crippen LogP contribution in [-0.4, -0.2) is 48.4 Å². The lowest BCUT2D eigenvalue weighted by molar-refractivity contribution is -0.0443. The van der Waals surface area contributed by atoms with Gasteiger partial charge < -0.3 is 18.9 Å². The number of benzene rings is 3. The number of ether oxygens (including phenoxy) is 4. The fraction of sp³-hybridized carbons (Fsp3) is 0.267. The number of nitrogens with zero attached hydrogens (tertiary/aromatic N) is 1. The second-order valence-electron chi connectivity index (χ2n) is 9.81. The van der Waals surface area contributed by atoms with E-state index in [1.54, 1.807) is 48.5 Å². The van der Waals surface area contributed by atoms with Crippen molar-refractivity contribution in [1.29, 1.82) is 0 Å². The van der Waals surface area contributed by atoms with Crippen LogP contribution in [0.1, 0.15) is 44.2 Å². The van der Waals surface area contributed by atoms with E-state index in [9.17, 15) is 9.59 Å². The molecule has 3 aromatic carbocycles. The minimum absolute atomic E-state index is 0.0631. The van der Waals surface area contributed by atoms with Gasteiger partial charge in [-0.15, -0.1) is 0 Å². The molecule has 3 heterocycles. The largest absolute Gasteiger partial charge is 0.454 e. The molecule has 3 aromatic rings. The zero-order valence-electron chi connectivity index (χ0n) is 20.0. The standard InChI is InChI=1S/C30H25NO6/c32-29(18-7-3-1-4-8-18)36-25-13-20-11-12-31-16-21-14-23-24(35-17-34-23)15-22(21)26(27(20)31)28(25)37-30(33)19-9-5-2-6-10-19/h1-10,13-15,25-28H,11-12,16-17H2/t25-,26?,27?,28+/m0/s1. The van der Waals surface area contributed by atoms with Gasteiger partial charge in [-0.05, 0) is 60.0 Å². The first kappa shape index (κ1) is 22.1. The van der Waals surface area contributed by atoms with Gasteiger partial charge in [0.25, 0.3) is 0 Å².